The van der Waals surface area contributed by atoms with Crippen molar-refractivity contribution in [2.75, 3.05) is 0 Å². The topological polar surface area (TPSA) is 197 Å². The van der Waals surface area contributed by atoms with Gasteiger partial charge in [0.05, 0.1) is 4.90 Å². The van der Waals surface area contributed by atoms with Gasteiger partial charge in [-0.1, -0.05) is 58.0 Å². The number of rotatable bonds is 13. The summed E-state index contributed by atoms with van der Waals surface area (Å²) < 4.78 is 145. The van der Waals surface area contributed by atoms with Crippen molar-refractivity contribution >= 4 is 41.9 Å². The van der Waals surface area contributed by atoms with Crippen LogP contribution in [-0.4, -0.2) is 61.0 Å². The third-order valence-electron chi connectivity index (χ3n) is 15.0. The minimum atomic E-state index is -5.77. The molecule has 352 valence electrons. The summed E-state index contributed by atoms with van der Waals surface area (Å²) in [6, 6.07) is 12.2. The highest BCUT2D eigenvalue weighted by Crippen LogP contribution is 2.62. The van der Waals surface area contributed by atoms with Crippen molar-refractivity contribution in [2.45, 2.75) is 157 Å². The summed E-state index contributed by atoms with van der Waals surface area (Å²) in [5, 5.41) is -9.47. The van der Waals surface area contributed by atoms with E-state index in [0.717, 1.165) is 37.0 Å². The van der Waals surface area contributed by atoms with Crippen molar-refractivity contribution in [1.82, 2.24) is 0 Å². The average Bonchev–Trinajstić information content (AvgIpc) is 3.15. The van der Waals surface area contributed by atoms with Gasteiger partial charge in [0.15, 0.2) is 0 Å². The Balaban J connectivity index is 0.000000157. The van der Waals surface area contributed by atoms with E-state index in [0.29, 0.717) is 40.9 Å². The van der Waals surface area contributed by atoms with E-state index in [-0.39, 0.29) is 27.6 Å². The van der Waals surface area contributed by atoms with Gasteiger partial charge in [-0.15, -0.1) is 0 Å². The molecule has 8 saturated carbocycles. The molecule has 0 amide bonds. The summed E-state index contributed by atoms with van der Waals surface area (Å²) in [5.41, 5.74) is 3.34. The molecule has 0 aromatic heterocycles. The van der Waals surface area contributed by atoms with Crippen LogP contribution in [0.4, 0.5) is 17.6 Å². The maximum absolute atomic E-state index is 13.5. The highest BCUT2D eigenvalue weighted by atomic mass is 32.2. The van der Waals surface area contributed by atoms with Gasteiger partial charge in [0, 0.05) is 12.8 Å². The van der Waals surface area contributed by atoms with E-state index >= 15 is 0 Å². The molecule has 8 aliphatic rings. The van der Waals surface area contributed by atoms with E-state index in [1.807, 2.05) is 39.8 Å². The molecular weight excluding hydrogens is 889 g/mol. The Morgan fingerprint density at radius 3 is 1.32 bits per heavy atom. The van der Waals surface area contributed by atoms with Crippen LogP contribution in [0.2, 0.25) is 0 Å². The van der Waals surface area contributed by atoms with Crippen LogP contribution in [0.15, 0.2) is 47.4 Å². The number of hydrogen-bond acceptors (Lipinski definition) is 8. The minimum Gasteiger partial charge on any atom is -0.292 e. The monoisotopic (exact) mass is 948 g/mol. The number of alkyl halides is 4. The van der Waals surface area contributed by atoms with Gasteiger partial charge in [0.2, 0.25) is 11.6 Å². The van der Waals surface area contributed by atoms with Crippen molar-refractivity contribution in [2.24, 2.45) is 40.9 Å². The number of benzene rings is 2. The van der Waals surface area contributed by atoms with Crippen LogP contribution in [0.3, 0.4) is 0 Å². The molecule has 0 unspecified atom stereocenters. The molecule has 18 heteroatoms. The second-order valence-corrected chi connectivity index (χ2v) is 24.7. The average molecular weight is 949 g/mol. The van der Waals surface area contributed by atoms with Crippen molar-refractivity contribution in [3.8, 4) is 0 Å². The van der Waals surface area contributed by atoms with E-state index in [4.69, 9.17) is 13.7 Å². The molecule has 0 saturated heterocycles. The second kappa shape index (κ2) is 17.8. The summed E-state index contributed by atoms with van der Waals surface area (Å²) in [4.78, 5) is 23.3. The van der Waals surface area contributed by atoms with Crippen LogP contribution >= 0.6 is 0 Å². The molecule has 0 aliphatic heterocycles. The standard InChI is InChI=1S/C16H20O3S.C15H20F2O4S.C14H20F2O4S/c17-20(18,19)15-3-1-14(2-4-15)16-8-11-5-12(9-16)7-13(6-11)10-16;1-9(2)11-6-5-7-12(10(3)4)13(11)8-14(18)15(16,17)22(19,20)21;15-14(16,21(18,19)20)12(17)1-2-13-6-9-3-10(7-13)5-11(4-9)8-13/h1-4,11-13H,5-10H2,(H,17,18,19);5-7,9-10H,8H2,1-4H3,(H,19,20,21);9-11H,1-8H2,(H,18,19,20). The van der Waals surface area contributed by atoms with E-state index in [2.05, 4.69) is 0 Å². The predicted molar refractivity (Wildman–Crippen MR) is 227 cm³/mol. The molecule has 2 aromatic rings. The predicted octanol–water partition coefficient (Wildman–Crippen LogP) is 9.96. The Hall–Kier alpha value is -2.77. The van der Waals surface area contributed by atoms with Gasteiger partial charge in [-0.25, -0.2) is 0 Å². The molecular formula is C45H60F4O11S3. The maximum atomic E-state index is 13.5. The van der Waals surface area contributed by atoms with Crippen molar-refractivity contribution < 1.29 is 66.1 Å². The molecule has 3 N–H and O–H groups in total. The summed E-state index contributed by atoms with van der Waals surface area (Å²) in [7, 11) is -15.5. The van der Waals surface area contributed by atoms with Crippen LogP contribution in [0, 0.1) is 40.9 Å². The van der Waals surface area contributed by atoms with E-state index in [9.17, 15) is 52.4 Å². The first kappa shape index (κ1) is 49.7. The molecule has 10 rings (SSSR count). The van der Waals surface area contributed by atoms with Gasteiger partial charge >= 0.3 is 30.7 Å². The molecule has 11 nitrogen and oxygen atoms in total. The van der Waals surface area contributed by atoms with Crippen molar-refractivity contribution in [3.05, 3.63) is 64.7 Å². The zero-order chi connectivity index (χ0) is 46.7. The van der Waals surface area contributed by atoms with Crippen LogP contribution in [0.25, 0.3) is 0 Å². The summed E-state index contributed by atoms with van der Waals surface area (Å²) >= 11 is 0. The number of Topliss-reactive ketones (excluding diaryl/α,β-unsaturated/α-hetero) is 2. The largest absolute Gasteiger partial charge is 0.427 e. The first-order valence-electron chi connectivity index (χ1n) is 21.9. The molecule has 2 aromatic carbocycles. The van der Waals surface area contributed by atoms with E-state index < -0.39 is 65.3 Å². The Bertz CT molecular complexity index is 2280. The molecule has 0 radical (unpaired) electrons. The molecule has 0 atom stereocenters. The normalized spacial score (nSPS) is 29.9. The number of hydrogen-bond donors (Lipinski definition) is 3. The fourth-order valence-corrected chi connectivity index (χ4v) is 14.3. The molecule has 0 heterocycles. The van der Waals surface area contributed by atoms with Gasteiger partial charge in [-0.05, 0) is 176 Å². The fourth-order valence-electron chi connectivity index (χ4n) is 13.0. The third-order valence-corrected chi connectivity index (χ3v) is 17.6. The molecule has 63 heavy (non-hydrogen) atoms. The lowest BCUT2D eigenvalue weighted by Crippen LogP contribution is -2.48. The molecule has 0 spiro atoms. The first-order chi connectivity index (χ1) is 28.9. The Kier molecular flexibility index (Phi) is 14.0. The summed E-state index contributed by atoms with van der Waals surface area (Å²) in [5.74, 6) is 1.04. The van der Waals surface area contributed by atoms with Crippen LogP contribution in [0.1, 0.15) is 152 Å². The van der Waals surface area contributed by atoms with Gasteiger partial charge in [0.1, 0.15) is 0 Å². The summed E-state index contributed by atoms with van der Waals surface area (Å²) in [6.45, 7) is 7.42. The Morgan fingerprint density at radius 1 is 0.603 bits per heavy atom. The lowest BCUT2D eigenvalue weighted by molar-refractivity contribution is -0.136. The summed E-state index contributed by atoms with van der Waals surface area (Å²) in [6.07, 6.45) is 13.7. The Labute approximate surface area is 368 Å². The number of ketones is 2. The fraction of sp³-hybridized carbons (Fsp3) is 0.689. The van der Waals surface area contributed by atoms with Gasteiger partial charge in [0.25, 0.3) is 10.1 Å². The number of carbonyl (C=O) groups is 2. The maximum Gasteiger partial charge on any atom is 0.427 e. The SMILES string of the molecule is CC(C)c1cccc(C(C)C)c1CC(=O)C(F)(F)S(=O)(=O)O.O=C(CCC12CC3CC(CC(C3)C1)C2)C(F)(F)S(=O)(=O)O.O=S(=O)(O)c1ccc(C23CC4CC(CC(C4)C2)C3)cc1. The zero-order valence-electron chi connectivity index (χ0n) is 36.1. The third kappa shape index (κ3) is 10.6. The first-order valence-corrected chi connectivity index (χ1v) is 26.2. The van der Waals surface area contributed by atoms with Crippen LogP contribution < -0.4 is 0 Å². The number of carbonyl (C=O) groups excluding carboxylic acids is 2. The van der Waals surface area contributed by atoms with Gasteiger partial charge < -0.3 is 0 Å². The molecule has 8 aliphatic carbocycles. The number of halogens is 4. The smallest absolute Gasteiger partial charge is 0.292 e. The highest BCUT2D eigenvalue weighted by molar-refractivity contribution is 7.88. The van der Waals surface area contributed by atoms with Gasteiger partial charge in [-0.3, -0.25) is 23.2 Å². The van der Waals surface area contributed by atoms with Crippen LogP contribution in [0.5, 0.6) is 0 Å². The van der Waals surface area contributed by atoms with E-state index in [1.165, 1.54) is 63.4 Å². The second-order valence-electron chi connectivity index (χ2n) is 20.3. The molecule has 8 bridgehead atoms. The molecule has 8 fully saturated rings. The Morgan fingerprint density at radius 2 is 0.968 bits per heavy atom. The van der Waals surface area contributed by atoms with Gasteiger partial charge in [-0.2, -0.15) is 42.8 Å². The lowest BCUT2D eigenvalue weighted by Gasteiger charge is -2.57. The zero-order valence-corrected chi connectivity index (χ0v) is 38.6. The minimum absolute atomic E-state index is 0.00554. The van der Waals surface area contributed by atoms with Crippen molar-refractivity contribution in [1.29, 1.82) is 0 Å². The highest BCUT2D eigenvalue weighted by Gasteiger charge is 2.55. The van der Waals surface area contributed by atoms with Crippen molar-refractivity contribution in [3.63, 3.8) is 0 Å². The lowest BCUT2D eigenvalue weighted by atomic mass is 9.48. The quantitative estimate of drug-likeness (QED) is 0.128. The van der Waals surface area contributed by atoms with E-state index in [1.54, 1.807) is 30.3 Å². The van der Waals surface area contributed by atoms with Crippen LogP contribution in [-0.2, 0) is 51.8 Å².